The van der Waals surface area contributed by atoms with Crippen LogP contribution in [0.2, 0.25) is 0 Å². The lowest BCUT2D eigenvalue weighted by atomic mass is 9.94. The van der Waals surface area contributed by atoms with Crippen molar-refractivity contribution in [2.45, 2.75) is 26.7 Å². The molecule has 1 aromatic carbocycles. The molecule has 1 amide bonds. The van der Waals surface area contributed by atoms with Crippen LogP contribution in [0.3, 0.4) is 0 Å². The highest BCUT2D eigenvalue weighted by atomic mass is 19.1. The maximum absolute atomic E-state index is 13.7. The summed E-state index contributed by atoms with van der Waals surface area (Å²) in [5.41, 5.74) is 5.44. The van der Waals surface area contributed by atoms with Gasteiger partial charge in [-0.3, -0.25) is 4.79 Å². The van der Waals surface area contributed by atoms with Crippen LogP contribution in [0, 0.1) is 17.7 Å². The van der Waals surface area contributed by atoms with E-state index in [4.69, 9.17) is 10.8 Å². The van der Waals surface area contributed by atoms with Gasteiger partial charge in [-0.2, -0.15) is 0 Å². The Balaban J connectivity index is 2.68. The molecule has 0 aliphatic rings. The largest absolute Gasteiger partial charge is 0.478 e. The van der Waals surface area contributed by atoms with Crippen molar-refractivity contribution >= 4 is 17.6 Å². The van der Waals surface area contributed by atoms with Gasteiger partial charge in [0.2, 0.25) is 5.91 Å². The SMILES string of the molecule is CC(C)C[C@H](CN)CC(=O)Nc1ccc(C(=O)O)cc1F. The third-order valence-corrected chi connectivity index (χ3v) is 3.10. The van der Waals surface area contributed by atoms with Gasteiger partial charge in [0.15, 0.2) is 0 Å². The number of halogens is 1. The summed E-state index contributed by atoms with van der Waals surface area (Å²) >= 11 is 0. The molecule has 1 atom stereocenters. The van der Waals surface area contributed by atoms with E-state index >= 15 is 0 Å². The molecule has 0 aliphatic carbocycles. The fourth-order valence-electron chi connectivity index (χ4n) is 2.14. The van der Waals surface area contributed by atoms with Gasteiger partial charge in [0.05, 0.1) is 11.3 Å². The normalized spacial score (nSPS) is 12.2. The summed E-state index contributed by atoms with van der Waals surface area (Å²) in [6.45, 7) is 4.49. The van der Waals surface area contributed by atoms with Crippen LogP contribution in [0.4, 0.5) is 10.1 Å². The number of hydrogen-bond acceptors (Lipinski definition) is 3. The average Bonchev–Trinajstić information content (AvgIpc) is 2.39. The Labute approximate surface area is 123 Å². The number of nitrogens with two attached hydrogens (primary N) is 1. The summed E-state index contributed by atoms with van der Waals surface area (Å²) in [5.74, 6) is -1.83. The number of carboxylic acids is 1. The molecule has 0 aromatic heterocycles. The summed E-state index contributed by atoms with van der Waals surface area (Å²) in [7, 11) is 0. The molecule has 6 heteroatoms. The van der Waals surface area contributed by atoms with Crippen molar-refractivity contribution < 1.29 is 19.1 Å². The molecule has 0 radical (unpaired) electrons. The molecule has 0 aliphatic heterocycles. The van der Waals surface area contributed by atoms with Gasteiger partial charge in [-0.15, -0.1) is 0 Å². The van der Waals surface area contributed by atoms with Crippen LogP contribution >= 0.6 is 0 Å². The number of rotatable bonds is 7. The standard InChI is InChI=1S/C15H21FN2O3/c1-9(2)5-10(8-17)6-14(19)18-13-4-3-11(15(20)21)7-12(13)16/h3-4,7,9-10H,5-6,8,17H2,1-2H3,(H,18,19)(H,20,21)/t10-/m0/s1. The number of nitrogens with one attached hydrogen (secondary N) is 1. The molecule has 0 bridgehead atoms. The molecular formula is C15H21FN2O3. The maximum atomic E-state index is 13.7. The molecule has 0 saturated heterocycles. The Bertz CT molecular complexity index is 518. The smallest absolute Gasteiger partial charge is 0.335 e. The molecule has 1 rings (SSSR count). The van der Waals surface area contributed by atoms with Gasteiger partial charge in [0.25, 0.3) is 0 Å². The third-order valence-electron chi connectivity index (χ3n) is 3.10. The van der Waals surface area contributed by atoms with Gasteiger partial charge in [-0.25, -0.2) is 9.18 Å². The zero-order valence-electron chi connectivity index (χ0n) is 12.2. The first kappa shape index (κ1) is 17.1. The second kappa shape index (κ2) is 7.73. The lowest BCUT2D eigenvalue weighted by Crippen LogP contribution is -2.23. The number of hydrogen-bond donors (Lipinski definition) is 3. The van der Waals surface area contributed by atoms with Crippen LogP contribution < -0.4 is 11.1 Å². The van der Waals surface area contributed by atoms with Crippen molar-refractivity contribution in [2.75, 3.05) is 11.9 Å². The van der Waals surface area contributed by atoms with E-state index in [9.17, 15) is 14.0 Å². The predicted octanol–water partition coefficient (Wildman–Crippen LogP) is 2.47. The number of carbonyl (C=O) groups excluding carboxylic acids is 1. The first-order chi connectivity index (χ1) is 9.83. The molecule has 0 heterocycles. The number of benzene rings is 1. The number of carbonyl (C=O) groups is 2. The van der Waals surface area contributed by atoms with Gasteiger partial charge in [0.1, 0.15) is 5.82 Å². The van der Waals surface area contributed by atoms with Crippen LogP contribution in [0.5, 0.6) is 0 Å². The zero-order valence-corrected chi connectivity index (χ0v) is 12.2. The van der Waals surface area contributed by atoms with E-state index in [0.717, 1.165) is 12.5 Å². The second-order valence-corrected chi connectivity index (χ2v) is 5.48. The van der Waals surface area contributed by atoms with Gasteiger partial charge in [-0.05, 0) is 43.0 Å². The topological polar surface area (TPSA) is 92.4 Å². The van der Waals surface area contributed by atoms with E-state index in [1.54, 1.807) is 0 Å². The minimum atomic E-state index is -1.22. The lowest BCUT2D eigenvalue weighted by Gasteiger charge is -2.16. The molecule has 21 heavy (non-hydrogen) atoms. The molecule has 5 nitrogen and oxygen atoms in total. The summed E-state index contributed by atoms with van der Waals surface area (Å²) in [6.07, 6.45) is 1.04. The van der Waals surface area contributed by atoms with Crippen molar-refractivity contribution in [1.82, 2.24) is 0 Å². The van der Waals surface area contributed by atoms with Crippen LogP contribution in [0.25, 0.3) is 0 Å². The zero-order chi connectivity index (χ0) is 16.0. The number of carboxylic acid groups (broad SMARTS) is 1. The number of anilines is 1. The van der Waals surface area contributed by atoms with Crippen molar-refractivity contribution in [3.63, 3.8) is 0 Å². The third kappa shape index (κ3) is 5.51. The Morgan fingerprint density at radius 1 is 1.38 bits per heavy atom. The molecule has 1 aromatic rings. The van der Waals surface area contributed by atoms with Crippen LogP contribution in [-0.4, -0.2) is 23.5 Å². The highest BCUT2D eigenvalue weighted by Crippen LogP contribution is 2.18. The Morgan fingerprint density at radius 2 is 2.05 bits per heavy atom. The van der Waals surface area contributed by atoms with Crippen LogP contribution in [0.15, 0.2) is 18.2 Å². The first-order valence-corrected chi connectivity index (χ1v) is 6.86. The molecule has 4 N–H and O–H groups in total. The minimum Gasteiger partial charge on any atom is -0.478 e. The van der Waals surface area contributed by atoms with Crippen molar-refractivity contribution in [1.29, 1.82) is 0 Å². The van der Waals surface area contributed by atoms with Gasteiger partial charge in [0, 0.05) is 6.42 Å². The van der Waals surface area contributed by atoms with E-state index < -0.39 is 11.8 Å². The average molecular weight is 296 g/mol. The van der Waals surface area contributed by atoms with E-state index in [2.05, 4.69) is 5.32 Å². The van der Waals surface area contributed by atoms with Gasteiger partial charge < -0.3 is 16.2 Å². The Kier molecular flexibility index (Phi) is 6.30. The summed E-state index contributed by atoms with van der Waals surface area (Å²) in [4.78, 5) is 22.6. The summed E-state index contributed by atoms with van der Waals surface area (Å²) in [5, 5.41) is 11.2. The Hall–Kier alpha value is -1.95. The van der Waals surface area contributed by atoms with Crippen molar-refractivity contribution in [3.8, 4) is 0 Å². The van der Waals surface area contributed by atoms with E-state index in [1.807, 2.05) is 13.8 Å². The molecule has 0 spiro atoms. The summed E-state index contributed by atoms with van der Waals surface area (Å²) < 4.78 is 13.7. The van der Waals surface area contributed by atoms with Crippen LogP contribution in [-0.2, 0) is 4.79 Å². The molecule has 0 fully saturated rings. The van der Waals surface area contributed by atoms with E-state index in [-0.39, 0.29) is 29.5 Å². The van der Waals surface area contributed by atoms with Crippen molar-refractivity contribution in [3.05, 3.63) is 29.6 Å². The molecular weight excluding hydrogens is 275 g/mol. The fourth-order valence-corrected chi connectivity index (χ4v) is 2.14. The lowest BCUT2D eigenvalue weighted by molar-refractivity contribution is -0.117. The first-order valence-electron chi connectivity index (χ1n) is 6.86. The fraction of sp³-hybridized carbons (Fsp3) is 0.467. The number of aromatic carboxylic acids is 1. The number of amides is 1. The molecule has 0 saturated carbocycles. The van der Waals surface area contributed by atoms with Gasteiger partial charge in [-0.1, -0.05) is 13.8 Å². The molecule has 116 valence electrons. The second-order valence-electron chi connectivity index (χ2n) is 5.48. The van der Waals surface area contributed by atoms with Crippen molar-refractivity contribution in [2.24, 2.45) is 17.6 Å². The van der Waals surface area contributed by atoms with Crippen LogP contribution in [0.1, 0.15) is 37.0 Å². The molecule has 0 unspecified atom stereocenters. The van der Waals surface area contributed by atoms with E-state index in [1.165, 1.54) is 12.1 Å². The highest BCUT2D eigenvalue weighted by Gasteiger charge is 2.16. The minimum absolute atomic E-state index is 0.0229. The Morgan fingerprint density at radius 3 is 2.52 bits per heavy atom. The van der Waals surface area contributed by atoms with E-state index in [0.29, 0.717) is 12.5 Å². The van der Waals surface area contributed by atoms with Gasteiger partial charge >= 0.3 is 5.97 Å². The predicted molar refractivity (Wildman–Crippen MR) is 78.6 cm³/mol. The highest BCUT2D eigenvalue weighted by molar-refractivity contribution is 5.92. The maximum Gasteiger partial charge on any atom is 0.335 e. The summed E-state index contributed by atoms with van der Waals surface area (Å²) in [6, 6.07) is 3.37. The quantitative estimate of drug-likeness (QED) is 0.720. The monoisotopic (exact) mass is 296 g/mol.